The van der Waals surface area contributed by atoms with Crippen LogP contribution < -0.4 is 9.47 Å². The molecule has 2 aliphatic rings. The van der Waals surface area contributed by atoms with Gasteiger partial charge in [-0.3, -0.25) is 4.79 Å². The molecule has 0 bridgehead atoms. The lowest BCUT2D eigenvalue weighted by atomic mass is 9.97. The highest BCUT2D eigenvalue weighted by molar-refractivity contribution is 6.31. The molecule has 0 unspecified atom stereocenters. The Bertz CT molecular complexity index is 844. The number of aliphatic hydroxyl groups is 1. The smallest absolute Gasteiger partial charge is 0.227 e. The Morgan fingerprint density at radius 3 is 2.54 bits per heavy atom. The number of nitrogens with zero attached hydrogens (tertiary/aromatic N) is 1. The fraction of sp³-hybridized carbons (Fsp3) is 0.381. The molecule has 0 spiro atoms. The molecule has 1 amide bonds. The van der Waals surface area contributed by atoms with E-state index in [1.54, 1.807) is 17.0 Å². The van der Waals surface area contributed by atoms with Crippen molar-refractivity contribution in [2.24, 2.45) is 0 Å². The Kier molecular flexibility index (Phi) is 5.71. The fourth-order valence-electron chi connectivity index (χ4n) is 3.72. The van der Waals surface area contributed by atoms with Crippen LogP contribution in [0.2, 0.25) is 5.02 Å². The highest BCUT2D eigenvalue weighted by atomic mass is 35.5. The minimum absolute atomic E-state index is 0.0748. The third-order valence-electron chi connectivity index (χ3n) is 5.05. The lowest BCUT2D eigenvalue weighted by molar-refractivity contribution is -0.149. The third-order valence-corrected chi connectivity index (χ3v) is 5.40. The number of aliphatic hydroxyl groups excluding tert-OH is 1. The van der Waals surface area contributed by atoms with Crippen molar-refractivity contribution in [1.82, 2.24) is 4.90 Å². The summed E-state index contributed by atoms with van der Waals surface area (Å²) in [6, 6.07) is 12.8. The molecule has 4 rings (SSSR count). The first-order chi connectivity index (χ1) is 13.7. The molecule has 148 valence electrons. The van der Waals surface area contributed by atoms with Gasteiger partial charge in [-0.25, -0.2) is 0 Å². The van der Waals surface area contributed by atoms with Gasteiger partial charge in [0.2, 0.25) is 5.91 Å². The summed E-state index contributed by atoms with van der Waals surface area (Å²) in [5, 5.41) is 10.2. The first-order valence-electron chi connectivity index (χ1n) is 9.32. The van der Waals surface area contributed by atoms with Crippen molar-refractivity contribution in [1.29, 1.82) is 0 Å². The van der Waals surface area contributed by atoms with Crippen LogP contribution in [0.4, 0.5) is 0 Å². The van der Waals surface area contributed by atoms with Gasteiger partial charge in [0.05, 0.1) is 25.7 Å². The van der Waals surface area contributed by atoms with Crippen molar-refractivity contribution >= 4 is 17.5 Å². The quantitative estimate of drug-likeness (QED) is 0.849. The second-order valence-electron chi connectivity index (χ2n) is 6.80. The van der Waals surface area contributed by atoms with E-state index in [-0.39, 0.29) is 25.0 Å². The molecular weight excluding hydrogens is 382 g/mol. The minimum atomic E-state index is -0.462. The summed E-state index contributed by atoms with van der Waals surface area (Å²) in [5.74, 6) is 1.13. The van der Waals surface area contributed by atoms with Gasteiger partial charge < -0.3 is 24.2 Å². The van der Waals surface area contributed by atoms with E-state index in [0.717, 1.165) is 5.56 Å². The van der Waals surface area contributed by atoms with Crippen molar-refractivity contribution < 1.29 is 24.1 Å². The first-order valence-corrected chi connectivity index (χ1v) is 9.70. The third kappa shape index (κ3) is 3.81. The molecule has 1 saturated heterocycles. The molecule has 0 radical (unpaired) electrons. The topological polar surface area (TPSA) is 68.2 Å². The van der Waals surface area contributed by atoms with E-state index in [1.807, 2.05) is 30.3 Å². The number of hydrogen-bond donors (Lipinski definition) is 1. The van der Waals surface area contributed by atoms with Crippen LogP contribution in [0.3, 0.4) is 0 Å². The lowest BCUT2D eigenvalue weighted by Gasteiger charge is -2.41. The van der Waals surface area contributed by atoms with Crippen molar-refractivity contribution in [2.45, 2.75) is 18.6 Å². The maximum atomic E-state index is 13.2. The second kappa shape index (κ2) is 8.39. The summed E-state index contributed by atoms with van der Waals surface area (Å²) in [7, 11) is 0. The molecule has 2 atom stereocenters. The molecule has 0 aliphatic carbocycles. The number of rotatable bonds is 4. The second-order valence-corrected chi connectivity index (χ2v) is 7.21. The van der Waals surface area contributed by atoms with E-state index >= 15 is 0 Å². The van der Waals surface area contributed by atoms with Gasteiger partial charge in [0.1, 0.15) is 19.3 Å². The predicted molar refractivity (Wildman–Crippen MR) is 104 cm³/mol. The van der Waals surface area contributed by atoms with Crippen LogP contribution in [0.15, 0.2) is 42.5 Å². The SMILES string of the molecule is O=C(Cc1cc2c(cc1Cl)OCCO2)N1CCO[C@@H](CO)[C@@H]1c1ccccc1. The van der Waals surface area contributed by atoms with Crippen molar-refractivity contribution in [3.63, 3.8) is 0 Å². The molecular formula is C21H22ClNO5. The van der Waals surface area contributed by atoms with Crippen molar-refractivity contribution in [3.05, 3.63) is 58.6 Å². The van der Waals surface area contributed by atoms with Gasteiger partial charge in [-0.15, -0.1) is 0 Å². The highest BCUT2D eigenvalue weighted by Crippen LogP contribution is 2.36. The zero-order valence-corrected chi connectivity index (χ0v) is 16.1. The van der Waals surface area contributed by atoms with Gasteiger partial charge >= 0.3 is 0 Å². The summed E-state index contributed by atoms with van der Waals surface area (Å²) in [6.07, 6.45) is -0.326. The maximum absolute atomic E-state index is 13.2. The van der Waals surface area contributed by atoms with E-state index in [9.17, 15) is 9.90 Å². The Hall–Kier alpha value is -2.28. The summed E-state index contributed by atoms with van der Waals surface area (Å²) in [5.41, 5.74) is 1.62. The number of ether oxygens (including phenoxy) is 3. The fourth-order valence-corrected chi connectivity index (χ4v) is 3.94. The zero-order chi connectivity index (χ0) is 19.5. The molecule has 7 heteroatoms. The number of benzene rings is 2. The molecule has 2 heterocycles. The number of halogens is 1. The monoisotopic (exact) mass is 403 g/mol. The number of amides is 1. The van der Waals surface area contributed by atoms with Gasteiger partial charge in [0, 0.05) is 17.6 Å². The van der Waals surface area contributed by atoms with E-state index in [1.165, 1.54) is 0 Å². The average Bonchev–Trinajstić information content (AvgIpc) is 2.74. The van der Waals surface area contributed by atoms with E-state index < -0.39 is 6.10 Å². The van der Waals surface area contributed by atoms with Gasteiger partial charge in [0.15, 0.2) is 11.5 Å². The Balaban J connectivity index is 1.59. The van der Waals surface area contributed by atoms with E-state index in [2.05, 4.69) is 0 Å². The molecule has 2 aromatic carbocycles. The van der Waals surface area contributed by atoms with E-state index in [4.69, 9.17) is 25.8 Å². The molecule has 1 fully saturated rings. The molecule has 2 aliphatic heterocycles. The summed E-state index contributed by atoms with van der Waals surface area (Å²) < 4.78 is 16.9. The van der Waals surface area contributed by atoms with E-state index in [0.29, 0.717) is 48.5 Å². The first kappa shape index (κ1) is 19.1. The number of hydrogen-bond acceptors (Lipinski definition) is 5. The van der Waals surface area contributed by atoms with Gasteiger partial charge in [-0.2, -0.15) is 0 Å². The summed E-state index contributed by atoms with van der Waals surface area (Å²) in [4.78, 5) is 15.0. The van der Waals surface area contributed by atoms with Crippen molar-refractivity contribution in [3.8, 4) is 11.5 Å². The van der Waals surface area contributed by atoms with Crippen LogP contribution in [0.1, 0.15) is 17.2 Å². The van der Waals surface area contributed by atoms with Crippen LogP contribution in [-0.2, 0) is 16.0 Å². The van der Waals surface area contributed by atoms with Crippen LogP contribution in [-0.4, -0.2) is 55.0 Å². The highest BCUT2D eigenvalue weighted by Gasteiger charge is 2.36. The normalized spacial score (nSPS) is 21.4. The van der Waals surface area contributed by atoms with Gasteiger partial charge in [-0.05, 0) is 17.2 Å². The van der Waals surface area contributed by atoms with Crippen LogP contribution in [0, 0.1) is 0 Å². The molecule has 6 nitrogen and oxygen atoms in total. The van der Waals surface area contributed by atoms with Crippen LogP contribution in [0.5, 0.6) is 11.5 Å². The van der Waals surface area contributed by atoms with Gasteiger partial charge in [-0.1, -0.05) is 41.9 Å². The molecule has 2 aromatic rings. The summed E-state index contributed by atoms with van der Waals surface area (Å²) in [6.45, 7) is 1.64. The number of fused-ring (bicyclic) bond motifs is 1. The van der Waals surface area contributed by atoms with Crippen LogP contribution in [0.25, 0.3) is 0 Å². The molecule has 0 aromatic heterocycles. The zero-order valence-electron chi connectivity index (χ0n) is 15.3. The number of carbonyl (C=O) groups excluding carboxylic acids is 1. The number of carbonyl (C=O) groups is 1. The Morgan fingerprint density at radius 2 is 1.82 bits per heavy atom. The summed E-state index contributed by atoms with van der Waals surface area (Å²) >= 11 is 6.38. The molecule has 1 N–H and O–H groups in total. The largest absolute Gasteiger partial charge is 0.486 e. The molecule has 0 saturated carbocycles. The van der Waals surface area contributed by atoms with Crippen molar-refractivity contribution in [2.75, 3.05) is 33.0 Å². The molecule has 28 heavy (non-hydrogen) atoms. The van der Waals surface area contributed by atoms with Crippen LogP contribution >= 0.6 is 11.6 Å². The average molecular weight is 404 g/mol. The lowest BCUT2D eigenvalue weighted by Crippen LogP contribution is -2.49. The number of morpholine rings is 1. The minimum Gasteiger partial charge on any atom is -0.486 e. The Morgan fingerprint density at radius 1 is 1.11 bits per heavy atom. The maximum Gasteiger partial charge on any atom is 0.227 e. The predicted octanol–water partition coefficient (Wildman–Crippen LogP) is 2.61. The Labute approximate surface area is 168 Å². The van der Waals surface area contributed by atoms with Gasteiger partial charge in [0.25, 0.3) is 0 Å². The standard InChI is InChI=1S/C21H22ClNO5/c22-16-12-18-17(27-8-9-28-18)10-15(16)11-20(25)23-6-7-26-19(13-24)21(23)14-4-2-1-3-5-14/h1-5,10,12,19,21,24H,6-9,11,13H2/t19-,21-/m0/s1.